The number of amides is 1. The van der Waals surface area contributed by atoms with Gasteiger partial charge in [0.05, 0.1) is 12.7 Å². The van der Waals surface area contributed by atoms with E-state index < -0.39 is 5.91 Å². The zero-order chi connectivity index (χ0) is 15.9. The third kappa shape index (κ3) is 3.58. The van der Waals surface area contributed by atoms with Gasteiger partial charge in [0.1, 0.15) is 18.1 Å². The molecule has 4 heteroatoms. The molecular formula is C18H21NO3. The molecule has 2 aromatic rings. The van der Waals surface area contributed by atoms with Crippen molar-refractivity contribution in [3.63, 3.8) is 0 Å². The lowest BCUT2D eigenvalue weighted by Crippen LogP contribution is -2.14. The molecule has 2 aromatic carbocycles. The Morgan fingerprint density at radius 2 is 1.86 bits per heavy atom. The van der Waals surface area contributed by atoms with E-state index in [1.165, 1.54) is 0 Å². The summed E-state index contributed by atoms with van der Waals surface area (Å²) in [7, 11) is 1.54. The van der Waals surface area contributed by atoms with Gasteiger partial charge in [-0.05, 0) is 24.1 Å². The van der Waals surface area contributed by atoms with E-state index in [-0.39, 0.29) is 0 Å². The standard InChI is InChI=1S/C18H21NO3/c1-3-7-14-16(22-12-13-8-5-4-6-9-13)11-10-15(18(19)20)17(14)21-2/h4-6,8-11H,3,7,12H2,1-2H3,(H2,19,20). The molecule has 0 saturated carbocycles. The Bertz CT molecular complexity index is 638. The fourth-order valence-electron chi connectivity index (χ4n) is 2.39. The number of rotatable bonds is 7. The molecule has 0 unspecified atom stereocenters. The molecule has 0 aliphatic rings. The van der Waals surface area contributed by atoms with Crippen LogP contribution in [0.3, 0.4) is 0 Å². The van der Waals surface area contributed by atoms with Gasteiger partial charge in [-0.1, -0.05) is 43.7 Å². The molecule has 0 atom stereocenters. The summed E-state index contributed by atoms with van der Waals surface area (Å²) >= 11 is 0. The highest BCUT2D eigenvalue weighted by molar-refractivity contribution is 5.96. The predicted molar refractivity (Wildman–Crippen MR) is 86.3 cm³/mol. The van der Waals surface area contributed by atoms with Gasteiger partial charge in [-0.25, -0.2) is 0 Å². The Morgan fingerprint density at radius 3 is 2.45 bits per heavy atom. The maximum Gasteiger partial charge on any atom is 0.252 e. The number of benzene rings is 2. The summed E-state index contributed by atoms with van der Waals surface area (Å²) in [4.78, 5) is 11.5. The first-order valence-corrected chi connectivity index (χ1v) is 7.33. The summed E-state index contributed by atoms with van der Waals surface area (Å²) in [6.07, 6.45) is 1.68. The molecule has 0 aromatic heterocycles. The highest BCUT2D eigenvalue weighted by Gasteiger charge is 2.17. The molecule has 0 heterocycles. The molecule has 116 valence electrons. The number of carbonyl (C=O) groups excluding carboxylic acids is 1. The molecule has 0 fully saturated rings. The van der Waals surface area contributed by atoms with Gasteiger partial charge in [-0.2, -0.15) is 0 Å². The smallest absolute Gasteiger partial charge is 0.252 e. The molecule has 2 rings (SSSR count). The minimum atomic E-state index is -0.496. The maximum absolute atomic E-state index is 11.5. The molecule has 0 aliphatic heterocycles. The predicted octanol–water partition coefficient (Wildman–Crippen LogP) is 3.33. The minimum absolute atomic E-state index is 0.387. The lowest BCUT2D eigenvalue weighted by Gasteiger charge is -2.17. The molecule has 0 saturated heterocycles. The van der Waals surface area contributed by atoms with Crippen molar-refractivity contribution in [2.45, 2.75) is 26.4 Å². The number of ether oxygens (including phenoxy) is 2. The van der Waals surface area contributed by atoms with E-state index in [0.717, 1.165) is 29.7 Å². The lowest BCUT2D eigenvalue weighted by atomic mass is 10.0. The van der Waals surface area contributed by atoms with Gasteiger partial charge in [-0.3, -0.25) is 4.79 Å². The van der Waals surface area contributed by atoms with E-state index in [4.69, 9.17) is 15.2 Å². The maximum atomic E-state index is 11.5. The third-order valence-corrected chi connectivity index (χ3v) is 3.42. The lowest BCUT2D eigenvalue weighted by molar-refractivity contribution is 0.0997. The van der Waals surface area contributed by atoms with Crippen LogP contribution in [-0.2, 0) is 13.0 Å². The molecular weight excluding hydrogens is 278 g/mol. The van der Waals surface area contributed by atoms with Crippen molar-refractivity contribution in [2.75, 3.05) is 7.11 Å². The second-order valence-corrected chi connectivity index (χ2v) is 5.01. The van der Waals surface area contributed by atoms with Crippen LogP contribution >= 0.6 is 0 Å². The van der Waals surface area contributed by atoms with Crippen LogP contribution in [0.1, 0.15) is 34.8 Å². The Balaban J connectivity index is 2.32. The van der Waals surface area contributed by atoms with Crippen molar-refractivity contribution in [2.24, 2.45) is 5.73 Å². The van der Waals surface area contributed by atoms with Crippen molar-refractivity contribution in [3.05, 3.63) is 59.2 Å². The second kappa shape index (κ2) is 7.50. The van der Waals surface area contributed by atoms with Crippen LogP contribution in [-0.4, -0.2) is 13.0 Å². The minimum Gasteiger partial charge on any atom is -0.495 e. The van der Waals surface area contributed by atoms with Gasteiger partial charge in [0.15, 0.2) is 0 Å². The van der Waals surface area contributed by atoms with Crippen molar-refractivity contribution in [1.82, 2.24) is 0 Å². The molecule has 4 nitrogen and oxygen atoms in total. The SMILES string of the molecule is CCCc1c(OCc2ccccc2)ccc(C(N)=O)c1OC. The van der Waals surface area contributed by atoms with Crippen molar-refractivity contribution >= 4 is 5.91 Å². The van der Waals surface area contributed by atoms with Gasteiger partial charge in [0.2, 0.25) is 0 Å². The normalized spacial score (nSPS) is 10.3. The summed E-state index contributed by atoms with van der Waals surface area (Å²) in [5, 5.41) is 0. The molecule has 0 aliphatic carbocycles. The zero-order valence-corrected chi connectivity index (χ0v) is 13.0. The first kappa shape index (κ1) is 15.9. The first-order valence-electron chi connectivity index (χ1n) is 7.33. The van der Waals surface area contributed by atoms with Crippen LogP contribution in [0.25, 0.3) is 0 Å². The Labute approximate surface area is 130 Å². The zero-order valence-electron chi connectivity index (χ0n) is 13.0. The van der Waals surface area contributed by atoms with E-state index in [1.807, 2.05) is 30.3 Å². The van der Waals surface area contributed by atoms with Gasteiger partial charge < -0.3 is 15.2 Å². The topological polar surface area (TPSA) is 61.5 Å². The average molecular weight is 299 g/mol. The number of primary amides is 1. The number of hydrogen-bond donors (Lipinski definition) is 1. The Hall–Kier alpha value is -2.49. The summed E-state index contributed by atoms with van der Waals surface area (Å²) < 4.78 is 11.3. The second-order valence-electron chi connectivity index (χ2n) is 5.01. The van der Waals surface area contributed by atoms with Crippen LogP contribution < -0.4 is 15.2 Å². The van der Waals surface area contributed by atoms with E-state index in [2.05, 4.69) is 6.92 Å². The number of nitrogens with two attached hydrogens (primary N) is 1. The Morgan fingerprint density at radius 1 is 1.14 bits per heavy atom. The summed E-state index contributed by atoms with van der Waals surface area (Å²) in [5.74, 6) is 0.747. The van der Waals surface area contributed by atoms with Crippen molar-refractivity contribution in [3.8, 4) is 11.5 Å². The fraction of sp³-hybridized carbons (Fsp3) is 0.278. The van der Waals surface area contributed by atoms with Crippen LogP contribution in [0, 0.1) is 0 Å². The van der Waals surface area contributed by atoms with Crippen LogP contribution in [0.2, 0.25) is 0 Å². The van der Waals surface area contributed by atoms with Gasteiger partial charge in [-0.15, -0.1) is 0 Å². The van der Waals surface area contributed by atoms with Crippen molar-refractivity contribution < 1.29 is 14.3 Å². The molecule has 2 N–H and O–H groups in total. The highest BCUT2D eigenvalue weighted by atomic mass is 16.5. The molecule has 0 spiro atoms. The molecule has 0 bridgehead atoms. The van der Waals surface area contributed by atoms with E-state index in [0.29, 0.717) is 17.9 Å². The quantitative estimate of drug-likeness (QED) is 0.853. The average Bonchev–Trinajstić information content (AvgIpc) is 2.54. The van der Waals surface area contributed by atoms with Gasteiger partial charge >= 0.3 is 0 Å². The monoisotopic (exact) mass is 299 g/mol. The number of carbonyl (C=O) groups is 1. The van der Waals surface area contributed by atoms with Crippen LogP contribution in [0.5, 0.6) is 11.5 Å². The molecule has 22 heavy (non-hydrogen) atoms. The third-order valence-electron chi connectivity index (χ3n) is 3.42. The largest absolute Gasteiger partial charge is 0.495 e. The van der Waals surface area contributed by atoms with E-state index in [1.54, 1.807) is 19.2 Å². The van der Waals surface area contributed by atoms with Crippen molar-refractivity contribution in [1.29, 1.82) is 0 Å². The Kier molecular flexibility index (Phi) is 5.42. The van der Waals surface area contributed by atoms with E-state index >= 15 is 0 Å². The number of hydrogen-bond acceptors (Lipinski definition) is 3. The summed E-state index contributed by atoms with van der Waals surface area (Å²) in [5.41, 5.74) is 7.77. The first-order chi connectivity index (χ1) is 10.7. The number of methoxy groups -OCH3 is 1. The van der Waals surface area contributed by atoms with Crippen LogP contribution in [0.4, 0.5) is 0 Å². The molecule has 1 amide bonds. The van der Waals surface area contributed by atoms with Gasteiger partial charge in [0.25, 0.3) is 5.91 Å². The van der Waals surface area contributed by atoms with Crippen LogP contribution in [0.15, 0.2) is 42.5 Å². The molecule has 0 radical (unpaired) electrons. The summed E-state index contributed by atoms with van der Waals surface area (Å²) in [6, 6.07) is 13.4. The van der Waals surface area contributed by atoms with Gasteiger partial charge in [0, 0.05) is 5.56 Å². The fourth-order valence-corrected chi connectivity index (χ4v) is 2.39. The van der Waals surface area contributed by atoms with E-state index in [9.17, 15) is 4.79 Å². The summed E-state index contributed by atoms with van der Waals surface area (Å²) in [6.45, 7) is 2.54. The highest BCUT2D eigenvalue weighted by Crippen LogP contribution is 2.33.